The van der Waals surface area contributed by atoms with Crippen LogP contribution in [0, 0.1) is 10.1 Å². The molecule has 1 aromatic heterocycles. The van der Waals surface area contributed by atoms with Gasteiger partial charge in [-0.15, -0.1) is 11.3 Å². The molecule has 0 amide bonds. The average Bonchev–Trinajstić information content (AvgIpc) is 3.23. The van der Waals surface area contributed by atoms with Crippen molar-refractivity contribution < 1.29 is 13.3 Å². The highest BCUT2D eigenvalue weighted by molar-refractivity contribution is 7.89. The molecule has 0 radical (unpaired) electrons. The Morgan fingerprint density at radius 3 is 2.55 bits per heavy atom. The SMILES string of the molecule is CN(C)C(CNc1ccc(S(=O)(=O)N2CCCCC2)cc1[N+](=O)[O-])c1cccs1. The standard InChI is InChI=1S/C19H26N4O4S2/c1-21(2)18(19-7-6-12-28-19)14-20-16-9-8-15(13-17(16)23(24)25)29(26,27)22-10-4-3-5-11-22/h6-9,12-13,18,20H,3-5,10-11,14H2,1-2H3. The molecule has 1 aliphatic heterocycles. The monoisotopic (exact) mass is 438 g/mol. The van der Waals surface area contributed by atoms with Gasteiger partial charge in [-0.3, -0.25) is 10.1 Å². The number of sulfonamides is 1. The van der Waals surface area contributed by atoms with Crippen LogP contribution < -0.4 is 5.32 Å². The van der Waals surface area contributed by atoms with Gasteiger partial charge in [0.1, 0.15) is 5.69 Å². The molecule has 10 heteroatoms. The quantitative estimate of drug-likeness (QED) is 0.500. The predicted molar refractivity (Wildman–Crippen MR) is 115 cm³/mol. The van der Waals surface area contributed by atoms with Crippen LogP contribution >= 0.6 is 11.3 Å². The third-order valence-corrected chi connectivity index (χ3v) is 7.97. The van der Waals surface area contributed by atoms with Crippen molar-refractivity contribution in [1.29, 1.82) is 0 Å². The van der Waals surface area contributed by atoms with Crippen molar-refractivity contribution in [2.45, 2.75) is 30.2 Å². The number of anilines is 1. The molecule has 29 heavy (non-hydrogen) atoms. The molecule has 158 valence electrons. The highest BCUT2D eigenvalue weighted by atomic mass is 32.2. The van der Waals surface area contributed by atoms with Crippen LogP contribution in [-0.2, 0) is 10.0 Å². The lowest BCUT2D eigenvalue weighted by Crippen LogP contribution is -2.35. The van der Waals surface area contributed by atoms with Gasteiger partial charge in [0.15, 0.2) is 0 Å². The van der Waals surface area contributed by atoms with E-state index in [1.807, 2.05) is 36.5 Å². The maximum absolute atomic E-state index is 12.9. The largest absolute Gasteiger partial charge is 0.378 e. The van der Waals surface area contributed by atoms with Crippen LogP contribution in [0.15, 0.2) is 40.6 Å². The Labute approximate surface area is 175 Å². The van der Waals surface area contributed by atoms with Gasteiger partial charge in [0.05, 0.1) is 15.9 Å². The molecule has 0 aliphatic carbocycles. The molecule has 1 fully saturated rings. The topological polar surface area (TPSA) is 95.8 Å². The smallest absolute Gasteiger partial charge is 0.293 e. The van der Waals surface area contributed by atoms with Gasteiger partial charge in [0.2, 0.25) is 10.0 Å². The highest BCUT2D eigenvalue weighted by Gasteiger charge is 2.28. The number of hydrogen-bond acceptors (Lipinski definition) is 7. The van der Waals surface area contributed by atoms with E-state index in [0.29, 0.717) is 25.3 Å². The molecule has 3 rings (SSSR count). The summed E-state index contributed by atoms with van der Waals surface area (Å²) in [5.41, 5.74) is 0.0859. The van der Waals surface area contributed by atoms with E-state index >= 15 is 0 Å². The zero-order chi connectivity index (χ0) is 21.0. The number of rotatable bonds is 8. The summed E-state index contributed by atoms with van der Waals surface area (Å²) in [7, 11) is 0.186. The van der Waals surface area contributed by atoms with Crippen LogP contribution in [0.2, 0.25) is 0 Å². The zero-order valence-corrected chi connectivity index (χ0v) is 18.2. The van der Waals surface area contributed by atoms with Crippen LogP contribution in [0.4, 0.5) is 11.4 Å². The van der Waals surface area contributed by atoms with Gasteiger partial charge < -0.3 is 10.2 Å². The number of thiophene rings is 1. The van der Waals surface area contributed by atoms with Crippen LogP contribution in [0.5, 0.6) is 0 Å². The van der Waals surface area contributed by atoms with Crippen molar-refractivity contribution >= 4 is 32.7 Å². The van der Waals surface area contributed by atoms with Crippen molar-refractivity contribution in [2.24, 2.45) is 0 Å². The van der Waals surface area contributed by atoms with Crippen molar-refractivity contribution in [1.82, 2.24) is 9.21 Å². The third-order valence-electron chi connectivity index (χ3n) is 5.10. The summed E-state index contributed by atoms with van der Waals surface area (Å²) >= 11 is 1.63. The molecule has 1 atom stereocenters. The molecule has 2 heterocycles. The van der Waals surface area contributed by atoms with Crippen molar-refractivity contribution in [3.8, 4) is 0 Å². The second-order valence-electron chi connectivity index (χ2n) is 7.28. The van der Waals surface area contributed by atoms with Crippen molar-refractivity contribution in [2.75, 3.05) is 39.0 Å². The molecule has 1 saturated heterocycles. The maximum atomic E-state index is 12.9. The molecule has 1 aromatic carbocycles. The average molecular weight is 439 g/mol. The molecule has 1 unspecified atom stereocenters. The summed E-state index contributed by atoms with van der Waals surface area (Å²) in [5, 5.41) is 16.8. The van der Waals surface area contributed by atoms with Gasteiger partial charge in [0.25, 0.3) is 5.69 Å². The van der Waals surface area contributed by atoms with Gasteiger partial charge in [-0.1, -0.05) is 12.5 Å². The maximum Gasteiger partial charge on any atom is 0.293 e. The Morgan fingerprint density at radius 1 is 1.24 bits per heavy atom. The Balaban J connectivity index is 1.84. The second-order valence-corrected chi connectivity index (χ2v) is 10.2. The molecular weight excluding hydrogens is 412 g/mol. The van der Waals surface area contributed by atoms with E-state index in [2.05, 4.69) is 5.32 Å². The molecule has 0 spiro atoms. The molecule has 1 aliphatic rings. The number of hydrogen-bond donors (Lipinski definition) is 1. The Kier molecular flexibility index (Phi) is 6.89. The highest BCUT2D eigenvalue weighted by Crippen LogP contribution is 2.31. The fourth-order valence-electron chi connectivity index (χ4n) is 3.45. The lowest BCUT2D eigenvalue weighted by molar-refractivity contribution is -0.384. The Morgan fingerprint density at radius 2 is 1.97 bits per heavy atom. The van der Waals surface area contributed by atoms with Gasteiger partial charge in [-0.05, 0) is 50.5 Å². The molecule has 1 N–H and O–H groups in total. The van der Waals surface area contributed by atoms with Crippen molar-refractivity contribution in [3.05, 3.63) is 50.7 Å². The summed E-state index contributed by atoms with van der Waals surface area (Å²) in [4.78, 5) is 14.3. The fourth-order valence-corrected chi connectivity index (χ4v) is 5.91. The third kappa shape index (κ3) is 4.95. The summed E-state index contributed by atoms with van der Waals surface area (Å²) in [6.07, 6.45) is 2.64. The van der Waals surface area contributed by atoms with Crippen LogP contribution in [-0.4, -0.2) is 56.3 Å². The summed E-state index contributed by atoms with van der Waals surface area (Å²) in [6, 6.07) is 8.16. The van der Waals surface area contributed by atoms with E-state index in [-0.39, 0.29) is 16.6 Å². The fraction of sp³-hybridized carbons (Fsp3) is 0.474. The van der Waals surface area contributed by atoms with E-state index in [1.54, 1.807) is 11.3 Å². The van der Waals surface area contributed by atoms with Crippen LogP contribution in [0.25, 0.3) is 0 Å². The number of nitrogens with one attached hydrogen (secondary N) is 1. The number of piperidine rings is 1. The Hall–Kier alpha value is -2.01. The van der Waals surface area contributed by atoms with Crippen LogP contribution in [0.1, 0.15) is 30.2 Å². The Bertz CT molecular complexity index is 939. The number of benzene rings is 1. The van der Waals surface area contributed by atoms with Gasteiger partial charge in [-0.25, -0.2) is 8.42 Å². The number of nitrogens with zero attached hydrogens (tertiary/aromatic N) is 3. The first kappa shape index (κ1) is 21.7. The normalized spacial score (nSPS) is 16.7. The lowest BCUT2D eigenvalue weighted by atomic mass is 10.2. The molecule has 0 saturated carbocycles. The number of nitro benzene ring substituents is 1. The zero-order valence-electron chi connectivity index (χ0n) is 16.6. The molecular formula is C19H26N4O4S2. The molecule has 0 bridgehead atoms. The van der Waals surface area contributed by atoms with E-state index in [1.165, 1.54) is 22.5 Å². The second kappa shape index (κ2) is 9.21. The first-order chi connectivity index (χ1) is 13.8. The first-order valence-corrected chi connectivity index (χ1v) is 11.8. The van der Waals surface area contributed by atoms with E-state index in [0.717, 1.165) is 24.1 Å². The summed E-state index contributed by atoms with van der Waals surface area (Å²) in [6.45, 7) is 1.38. The minimum atomic E-state index is -3.72. The molecule has 2 aromatic rings. The summed E-state index contributed by atoms with van der Waals surface area (Å²) in [5.74, 6) is 0. The first-order valence-electron chi connectivity index (χ1n) is 9.53. The predicted octanol–water partition coefficient (Wildman–Crippen LogP) is 3.55. The molecule has 8 nitrogen and oxygen atoms in total. The van der Waals surface area contributed by atoms with Gasteiger partial charge in [0, 0.05) is 30.6 Å². The van der Waals surface area contributed by atoms with E-state index in [9.17, 15) is 18.5 Å². The van der Waals surface area contributed by atoms with Crippen LogP contribution in [0.3, 0.4) is 0 Å². The van der Waals surface area contributed by atoms with E-state index < -0.39 is 14.9 Å². The van der Waals surface area contributed by atoms with Crippen molar-refractivity contribution in [3.63, 3.8) is 0 Å². The number of nitro groups is 1. The minimum absolute atomic E-state index is 0.0286. The van der Waals surface area contributed by atoms with Gasteiger partial charge >= 0.3 is 0 Å². The number of likely N-dealkylation sites (N-methyl/N-ethyl adjacent to an activating group) is 1. The minimum Gasteiger partial charge on any atom is -0.378 e. The summed E-state index contributed by atoms with van der Waals surface area (Å²) < 4.78 is 27.1. The van der Waals surface area contributed by atoms with Gasteiger partial charge in [-0.2, -0.15) is 4.31 Å². The lowest BCUT2D eigenvalue weighted by Gasteiger charge is -2.26. The van der Waals surface area contributed by atoms with E-state index in [4.69, 9.17) is 0 Å².